The van der Waals surface area contributed by atoms with Crippen LogP contribution in [0.3, 0.4) is 0 Å². The standard InChI is InChI=1S/C15H22ClNO2/c1-2-3-4-5-6-7-11-17-13-10-8-9-12(16)14(13)15(18)19/h8-10,17H,2-7,11H2,1H3,(H,18,19). The van der Waals surface area contributed by atoms with E-state index in [9.17, 15) is 4.79 Å². The van der Waals surface area contributed by atoms with Gasteiger partial charge < -0.3 is 10.4 Å². The molecule has 0 amide bonds. The molecule has 1 aromatic rings. The van der Waals surface area contributed by atoms with Gasteiger partial charge in [-0.25, -0.2) is 4.79 Å². The molecule has 0 heterocycles. The van der Waals surface area contributed by atoms with Crippen LogP contribution in [0.1, 0.15) is 55.8 Å². The molecule has 3 nitrogen and oxygen atoms in total. The van der Waals surface area contributed by atoms with Crippen molar-refractivity contribution in [1.29, 1.82) is 0 Å². The number of halogens is 1. The van der Waals surface area contributed by atoms with Crippen molar-refractivity contribution in [3.8, 4) is 0 Å². The fourth-order valence-electron chi connectivity index (χ4n) is 2.02. The van der Waals surface area contributed by atoms with Crippen LogP contribution in [-0.2, 0) is 0 Å². The zero-order chi connectivity index (χ0) is 14.1. The van der Waals surface area contributed by atoms with E-state index in [-0.39, 0.29) is 10.6 Å². The summed E-state index contributed by atoms with van der Waals surface area (Å²) in [6, 6.07) is 5.12. The maximum Gasteiger partial charge on any atom is 0.339 e. The number of carboxylic acid groups (broad SMARTS) is 1. The predicted octanol–water partition coefficient (Wildman–Crippen LogP) is 4.81. The number of aromatic carboxylic acids is 1. The van der Waals surface area contributed by atoms with E-state index in [1.807, 2.05) is 0 Å². The number of nitrogens with one attached hydrogen (secondary N) is 1. The number of hydrogen-bond donors (Lipinski definition) is 2. The van der Waals surface area contributed by atoms with Crippen LogP contribution in [0, 0.1) is 0 Å². The molecule has 19 heavy (non-hydrogen) atoms. The van der Waals surface area contributed by atoms with Gasteiger partial charge in [0.05, 0.1) is 10.7 Å². The van der Waals surface area contributed by atoms with Crippen molar-refractivity contribution >= 4 is 23.3 Å². The van der Waals surface area contributed by atoms with E-state index in [0.717, 1.165) is 13.0 Å². The Kier molecular flexibility index (Phi) is 7.34. The molecule has 0 atom stereocenters. The van der Waals surface area contributed by atoms with E-state index in [1.54, 1.807) is 18.2 Å². The predicted molar refractivity (Wildman–Crippen MR) is 80.3 cm³/mol. The van der Waals surface area contributed by atoms with Gasteiger partial charge >= 0.3 is 5.97 Å². The summed E-state index contributed by atoms with van der Waals surface area (Å²) >= 11 is 5.90. The average molecular weight is 284 g/mol. The van der Waals surface area contributed by atoms with Crippen molar-refractivity contribution in [2.75, 3.05) is 11.9 Å². The number of rotatable bonds is 9. The van der Waals surface area contributed by atoms with Crippen LogP contribution in [0.2, 0.25) is 5.02 Å². The lowest BCUT2D eigenvalue weighted by molar-refractivity contribution is 0.0698. The van der Waals surface area contributed by atoms with Crippen LogP contribution in [-0.4, -0.2) is 17.6 Å². The van der Waals surface area contributed by atoms with Crippen LogP contribution < -0.4 is 5.32 Å². The van der Waals surface area contributed by atoms with Crippen molar-refractivity contribution in [3.63, 3.8) is 0 Å². The minimum atomic E-state index is -0.990. The third kappa shape index (κ3) is 5.52. The van der Waals surface area contributed by atoms with Gasteiger partial charge in [-0.1, -0.05) is 56.7 Å². The molecule has 0 aliphatic carbocycles. The molecule has 0 aliphatic heterocycles. The molecule has 0 aliphatic rings. The lowest BCUT2D eigenvalue weighted by atomic mass is 10.1. The fraction of sp³-hybridized carbons (Fsp3) is 0.533. The van der Waals surface area contributed by atoms with E-state index < -0.39 is 5.97 Å². The topological polar surface area (TPSA) is 49.3 Å². The summed E-state index contributed by atoms with van der Waals surface area (Å²) in [4.78, 5) is 11.1. The third-order valence-electron chi connectivity index (χ3n) is 3.07. The minimum absolute atomic E-state index is 0.162. The van der Waals surface area contributed by atoms with Gasteiger partial charge in [-0.05, 0) is 18.6 Å². The molecule has 1 rings (SSSR count). The Bertz CT molecular complexity index is 407. The van der Waals surface area contributed by atoms with Crippen molar-refractivity contribution in [2.45, 2.75) is 45.4 Å². The maximum atomic E-state index is 11.1. The summed E-state index contributed by atoms with van der Waals surface area (Å²) < 4.78 is 0. The smallest absolute Gasteiger partial charge is 0.339 e. The molecular weight excluding hydrogens is 262 g/mol. The van der Waals surface area contributed by atoms with Crippen LogP contribution >= 0.6 is 11.6 Å². The molecule has 0 saturated heterocycles. The summed E-state index contributed by atoms with van der Waals surface area (Å²) in [6.07, 6.45) is 7.31. The van der Waals surface area contributed by atoms with Crippen LogP contribution in [0.5, 0.6) is 0 Å². The van der Waals surface area contributed by atoms with Gasteiger partial charge in [-0.15, -0.1) is 0 Å². The van der Waals surface area contributed by atoms with Crippen LogP contribution in [0.15, 0.2) is 18.2 Å². The second-order valence-corrected chi connectivity index (χ2v) is 5.07. The first-order valence-corrected chi connectivity index (χ1v) is 7.30. The van der Waals surface area contributed by atoms with Gasteiger partial charge in [-0.3, -0.25) is 0 Å². The second-order valence-electron chi connectivity index (χ2n) is 4.66. The van der Waals surface area contributed by atoms with Gasteiger partial charge in [-0.2, -0.15) is 0 Å². The lowest BCUT2D eigenvalue weighted by Gasteiger charge is -2.10. The molecule has 0 radical (unpaired) electrons. The molecule has 106 valence electrons. The molecule has 2 N–H and O–H groups in total. The molecular formula is C15H22ClNO2. The Labute approximate surface area is 120 Å². The Morgan fingerprint density at radius 1 is 1.21 bits per heavy atom. The van der Waals surface area contributed by atoms with E-state index in [4.69, 9.17) is 16.7 Å². The van der Waals surface area contributed by atoms with E-state index in [2.05, 4.69) is 12.2 Å². The Morgan fingerprint density at radius 3 is 2.58 bits per heavy atom. The molecule has 1 aromatic carbocycles. The average Bonchev–Trinajstić information content (AvgIpc) is 2.37. The summed E-state index contributed by atoms with van der Waals surface area (Å²) in [6.45, 7) is 2.99. The van der Waals surface area contributed by atoms with Crippen molar-refractivity contribution in [1.82, 2.24) is 0 Å². The second kappa shape index (κ2) is 8.81. The Morgan fingerprint density at radius 2 is 1.89 bits per heavy atom. The molecule has 0 fully saturated rings. The van der Waals surface area contributed by atoms with Gasteiger partial charge in [0, 0.05) is 6.54 Å². The number of unbranched alkanes of at least 4 members (excludes halogenated alkanes) is 5. The zero-order valence-electron chi connectivity index (χ0n) is 11.4. The number of hydrogen-bond acceptors (Lipinski definition) is 2. The molecule has 0 spiro atoms. The number of anilines is 1. The molecule has 0 unspecified atom stereocenters. The van der Waals surface area contributed by atoms with Gasteiger partial charge in [0.15, 0.2) is 0 Å². The van der Waals surface area contributed by atoms with Gasteiger partial charge in [0.25, 0.3) is 0 Å². The monoisotopic (exact) mass is 283 g/mol. The van der Waals surface area contributed by atoms with E-state index in [0.29, 0.717) is 5.69 Å². The first-order valence-electron chi connectivity index (χ1n) is 6.92. The van der Waals surface area contributed by atoms with Crippen molar-refractivity contribution in [2.24, 2.45) is 0 Å². The Hall–Kier alpha value is -1.22. The van der Waals surface area contributed by atoms with E-state index in [1.165, 1.54) is 32.1 Å². The van der Waals surface area contributed by atoms with E-state index >= 15 is 0 Å². The first-order chi connectivity index (χ1) is 9.16. The molecule has 0 aromatic heterocycles. The fourth-order valence-corrected chi connectivity index (χ4v) is 2.27. The normalized spacial score (nSPS) is 10.4. The number of benzene rings is 1. The molecule has 4 heteroatoms. The van der Waals surface area contributed by atoms with Gasteiger partial charge in [0.2, 0.25) is 0 Å². The highest BCUT2D eigenvalue weighted by molar-refractivity contribution is 6.34. The van der Waals surface area contributed by atoms with Crippen molar-refractivity contribution in [3.05, 3.63) is 28.8 Å². The highest BCUT2D eigenvalue weighted by Gasteiger charge is 2.13. The maximum absolute atomic E-state index is 11.1. The summed E-state index contributed by atoms with van der Waals surface area (Å²) in [5.41, 5.74) is 0.767. The van der Waals surface area contributed by atoms with Crippen LogP contribution in [0.4, 0.5) is 5.69 Å². The summed E-state index contributed by atoms with van der Waals surface area (Å²) in [5, 5.41) is 12.6. The third-order valence-corrected chi connectivity index (χ3v) is 3.39. The minimum Gasteiger partial charge on any atom is -0.478 e. The van der Waals surface area contributed by atoms with Crippen LogP contribution in [0.25, 0.3) is 0 Å². The van der Waals surface area contributed by atoms with Crippen molar-refractivity contribution < 1.29 is 9.90 Å². The SMILES string of the molecule is CCCCCCCCNc1cccc(Cl)c1C(=O)O. The summed E-state index contributed by atoms with van der Waals surface area (Å²) in [5.74, 6) is -0.990. The lowest BCUT2D eigenvalue weighted by Crippen LogP contribution is -2.08. The largest absolute Gasteiger partial charge is 0.478 e. The highest BCUT2D eigenvalue weighted by Crippen LogP contribution is 2.24. The first kappa shape index (κ1) is 15.8. The van der Waals surface area contributed by atoms with Gasteiger partial charge in [0.1, 0.15) is 5.56 Å². The molecule has 0 bridgehead atoms. The number of carboxylic acids is 1. The Balaban J connectivity index is 2.37. The zero-order valence-corrected chi connectivity index (χ0v) is 12.2. The summed E-state index contributed by atoms with van der Waals surface area (Å²) in [7, 11) is 0. The quantitative estimate of drug-likeness (QED) is 0.639. The molecule has 0 saturated carbocycles. The highest BCUT2D eigenvalue weighted by atomic mass is 35.5. The number of carbonyl (C=O) groups is 1.